The summed E-state index contributed by atoms with van der Waals surface area (Å²) in [5, 5.41) is 11.6. The number of nitriles is 1. The summed E-state index contributed by atoms with van der Waals surface area (Å²) in [5.41, 5.74) is 2.69. The Bertz CT molecular complexity index is 335. The molecule has 1 aromatic rings. The van der Waals surface area contributed by atoms with Gasteiger partial charge in [-0.25, -0.2) is 0 Å². The van der Waals surface area contributed by atoms with Crippen LogP contribution in [0.25, 0.3) is 0 Å². The van der Waals surface area contributed by atoms with E-state index in [0.29, 0.717) is 12.3 Å². The summed E-state index contributed by atoms with van der Waals surface area (Å²) >= 11 is 0. The summed E-state index contributed by atoms with van der Waals surface area (Å²) < 4.78 is 0. The van der Waals surface area contributed by atoms with Gasteiger partial charge in [-0.05, 0) is 23.5 Å². The summed E-state index contributed by atoms with van der Waals surface area (Å²) in [6.45, 7) is 6.08. The van der Waals surface area contributed by atoms with Crippen LogP contribution in [-0.4, -0.2) is 6.54 Å². The quantitative estimate of drug-likeness (QED) is 0.741. The monoisotopic (exact) mass is 216 g/mol. The Kier molecular flexibility index (Phi) is 5.60. The lowest BCUT2D eigenvalue weighted by atomic mass is 9.98. The van der Waals surface area contributed by atoms with Crippen LogP contribution in [0.3, 0.4) is 0 Å². The van der Waals surface area contributed by atoms with E-state index in [1.807, 2.05) is 0 Å². The van der Waals surface area contributed by atoms with Gasteiger partial charge in [0.05, 0.1) is 6.07 Å². The number of nitrogens with one attached hydrogen (secondary N) is 1. The first-order valence-corrected chi connectivity index (χ1v) is 5.94. The van der Waals surface area contributed by atoms with E-state index in [0.717, 1.165) is 13.1 Å². The molecular weight excluding hydrogens is 196 g/mol. The molecule has 1 atom stereocenters. The minimum Gasteiger partial charge on any atom is -0.312 e. The van der Waals surface area contributed by atoms with Gasteiger partial charge >= 0.3 is 0 Å². The Labute approximate surface area is 98.3 Å². The largest absolute Gasteiger partial charge is 0.312 e. The van der Waals surface area contributed by atoms with E-state index >= 15 is 0 Å². The first kappa shape index (κ1) is 12.7. The van der Waals surface area contributed by atoms with Gasteiger partial charge in [0, 0.05) is 19.5 Å². The average molecular weight is 216 g/mol. The summed E-state index contributed by atoms with van der Waals surface area (Å²) in [7, 11) is 0. The Balaban J connectivity index is 2.43. The molecule has 0 saturated carbocycles. The van der Waals surface area contributed by atoms with Gasteiger partial charge in [-0.1, -0.05) is 38.1 Å². The van der Waals surface area contributed by atoms with Crippen molar-refractivity contribution in [3.05, 3.63) is 35.4 Å². The van der Waals surface area contributed by atoms with Gasteiger partial charge in [-0.2, -0.15) is 5.26 Å². The molecule has 16 heavy (non-hydrogen) atoms. The first-order valence-electron chi connectivity index (χ1n) is 5.94. The smallest absolute Gasteiger partial charge is 0.0635 e. The predicted octanol–water partition coefficient (Wildman–Crippen LogP) is 3.20. The van der Waals surface area contributed by atoms with Crippen LogP contribution in [0, 0.1) is 11.3 Å². The highest BCUT2D eigenvalue weighted by atomic mass is 14.8. The van der Waals surface area contributed by atoms with Crippen molar-refractivity contribution < 1.29 is 0 Å². The standard InChI is InChI=1S/C14H20N2/c1-3-12(2)14-7-5-13(6-8-14)11-16-10-4-9-15/h5-8,12,16H,3-4,10-11H2,1-2H3. The molecule has 1 unspecified atom stereocenters. The van der Waals surface area contributed by atoms with E-state index in [4.69, 9.17) is 5.26 Å². The molecule has 1 aromatic carbocycles. The average Bonchev–Trinajstić information content (AvgIpc) is 2.34. The van der Waals surface area contributed by atoms with E-state index in [2.05, 4.69) is 49.5 Å². The van der Waals surface area contributed by atoms with Gasteiger partial charge in [0.1, 0.15) is 0 Å². The zero-order chi connectivity index (χ0) is 11.8. The van der Waals surface area contributed by atoms with Crippen LogP contribution in [0.1, 0.15) is 43.7 Å². The van der Waals surface area contributed by atoms with Crippen molar-refractivity contribution in [3.8, 4) is 6.07 Å². The van der Waals surface area contributed by atoms with Crippen molar-refractivity contribution >= 4 is 0 Å². The van der Waals surface area contributed by atoms with Gasteiger partial charge in [-0.3, -0.25) is 0 Å². The fraction of sp³-hybridized carbons (Fsp3) is 0.500. The van der Waals surface area contributed by atoms with Gasteiger partial charge in [0.25, 0.3) is 0 Å². The van der Waals surface area contributed by atoms with Gasteiger partial charge < -0.3 is 5.32 Å². The van der Waals surface area contributed by atoms with Crippen molar-refractivity contribution in [3.63, 3.8) is 0 Å². The number of benzene rings is 1. The van der Waals surface area contributed by atoms with Crippen molar-refractivity contribution in [1.29, 1.82) is 5.26 Å². The highest BCUT2D eigenvalue weighted by Gasteiger charge is 2.01. The lowest BCUT2D eigenvalue weighted by molar-refractivity contribution is 0.696. The number of rotatable bonds is 6. The first-order chi connectivity index (χ1) is 7.77. The third kappa shape index (κ3) is 4.04. The molecule has 0 amide bonds. The van der Waals surface area contributed by atoms with Gasteiger partial charge in [0.15, 0.2) is 0 Å². The van der Waals surface area contributed by atoms with E-state index in [1.165, 1.54) is 17.5 Å². The topological polar surface area (TPSA) is 35.8 Å². The molecule has 2 nitrogen and oxygen atoms in total. The molecule has 0 aromatic heterocycles. The van der Waals surface area contributed by atoms with E-state index < -0.39 is 0 Å². The maximum absolute atomic E-state index is 8.40. The van der Waals surface area contributed by atoms with Crippen molar-refractivity contribution in [1.82, 2.24) is 5.32 Å². The Morgan fingerprint density at radius 1 is 1.31 bits per heavy atom. The molecule has 1 N–H and O–H groups in total. The number of hydrogen-bond acceptors (Lipinski definition) is 2. The molecule has 86 valence electrons. The maximum Gasteiger partial charge on any atom is 0.0635 e. The SMILES string of the molecule is CCC(C)c1ccc(CNCCC#N)cc1. The minimum absolute atomic E-state index is 0.574. The zero-order valence-electron chi connectivity index (χ0n) is 10.2. The van der Waals surface area contributed by atoms with Crippen LogP contribution in [0.4, 0.5) is 0 Å². The molecule has 0 bridgehead atoms. The molecule has 0 radical (unpaired) electrons. The highest BCUT2D eigenvalue weighted by Crippen LogP contribution is 2.18. The van der Waals surface area contributed by atoms with Crippen molar-refractivity contribution in [2.24, 2.45) is 0 Å². The van der Waals surface area contributed by atoms with Crippen molar-refractivity contribution in [2.75, 3.05) is 6.54 Å². The van der Waals surface area contributed by atoms with Crippen LogP contribution in [0.2, 0.25) is 0 Å². The molecule has 2 heteroatoms. The third-order valence-corrected chi connectivity index (χ3v) is 2.90. The second kappa shape index (κ2) is 7.03. The normalized spacial score (nSPS) is 12.1. The third-order valence-electron chi connectivity index (χ3n) is 2.90. The second-order valence-electron chi connectivity index (χ2n) is 4.14. The second-order valence-corrected chi connectivity index (χ2v) is 4.14. The van der Waals surface area contributed by atoms with E-state index in [1.54, 1.807) is 0 Å². The lowest BCUT2D eigenvalue weighted by Gasteiger charge is -2.09. The summed E-state index contributed by atoms with van der Waals surface area (Å²) in [6.07, 6.45) is 1.75. The fourth-order valence-corrected chi connectivity index (χ4v) is 1.58. The maximum atomic E-state index is 8.40. The van der Waals surface area contributed by atoms with E-state index in [-0.39, 0.29) is 0 Å². The molecule has 0 heterocycles. The van der Waals surface area contributed by atoms with Crippen LogP contribution in [0.5, 0.6) is 0 Å². The number of hydrogen-bond donors (Lipinski definition) is 1. The van der Waals surface area contributed by atoms with Gasteiger partial charge in [0.2, 0.25) is 0 Å². The van der Waals surface area contributed by atoms with Crippen LogP contribution >= 0.6 is 0 Å². The summed E-state index contributed by atoms with van der Waals surface area (Å²) in [6, 6.07) is 10.9. The predicted molar refractivity (Wildman–Crippen MR) is 67.1 cm³/mol. The molecule has 0 aliphatic rings. The zero-order valence-corrected chi connectivity index (χ0v) is 10.2. The molecule has 0 aliphatic carbocycles. The molecule has 0 saturated heterocycles. The Hall–Kier alpha value is -1.33. The molecule has 0 aliphatic heterocycles. The molecule has 1 rings (SSSR count). The molecule has 0 spiro atoms. The Morgan fingerprint density at radius 2 is 2.00 bits per heavy atom. The van der Waals surface area contributed by atoms with Crippen LogP contribution in [0.15, 0.2) is 24.3 Å². The lowest BCUT2D eigenvalue weighted by Crippen LogP contribution is -2.14. The highest BCUT2D eigenvalue weighted by molar-refractivity contribution is 5.24. The summed E-state index contributed by atoms with van der Waals surface area (Å²) in [4.78, 5) is 0. The van der Waals surface area contributed by atoms with Crippen LogP contribution < -0.4 is 5.32 Å². The fourth-order valence-electron chi connectivity index (χ4n) is 1.58. The van der Waals surface area contributed by atoms with E-state index in [9.17, 15) is 0 Å². The van der Waals surface area contributed by atoms with Gasteiger partial charge in [-0.15, -0.1) is 0 Å². The minimum atomic E-state index is 0.574. The number of nitrogens with zero attached hydrogens (tertiary/aromatic N) is 1. The molecule has 0 fully saturated rings. The van der Waals surface area contributed by atoms with Crippen LogP contribution in [-0.2, 0) is 6.54 Å². The molecular formula is C14H20N2. The summed E-state index contributed by atoms with van der Waals surface area (Å²) in [5.74, 6) is 0.639. The van der Waals surface area contributed by atoms with Crippen molar-refractivity contribution in [2.45, 2.75) is 39.2 Å². The Morgan fingerprint density at radius 3 is 2.56 bits per heavy atom.